The summed E-state index contributed by atoms with van der Waals surface area (Å²) in [6.07, 6.45) is 3.79. The molecule has 2 aromatic rings. The zero-order valence-corrected chi connectivity index (χ0v) is 11.3. The third-order valence-corrected chi connectivity index (χ3v) is 3.13. The van der Waals surface area contributed by atoms with Gasteiger partial charge in [-0.05, 0) is 34.5 Å². The van der Waals surface area contributed by atoms with Gasteiger partial charge in [0, 0.05) is 12.6 Å². The molecular weight excluding hydrogens is 284 g/mol. The fraction of sp³-hybridized carbons (Fsp3) is 0.333. The van der Waals surface area contributed by atoms with Crippen molar-refractivity contribution in [3.63, 3.8) is 0 Å². The number of ether oxygens (including phenoxy) is 1. The first-order valence-electron chi connectivity index (χ1n) is 5.42. The molecule has 0 spiro atoms. The van der Waals surface area contributed by atoms with Crippen molar-refractivity contribution in [2.75, 3.05) is 7.11 Å². The highest BCUT2D eigenvalue weighted by molar-refractivity contribution is 9.10. The number of aromatic nitrogens is 2. The van der Waals surface area contributed by atoms with Crippen molar-refractivity contribution >= 4 is 27.4 Å². The molecule has 0 aliphatic rings. The van der Waals surface area contributed by atoms with E-state index in [9.17, 15) is 4.79 Å². The summed E-state index contributed by atoms with van der Waals surface area (Å²) >= 11 is 3.40. The summed E-state index contributed by atoms with van der Waals surface area (Å²) < 4.78 is 7.38. The summed E-state index contributed by atoms with van der Waals surface area (Å²) in [7, 11) is 1.38. The van der Waals surface area contributed by atoms with Gasteiger partial charge in [-0.25, -0.2) is 9.78 Å². The lowest BCUT2D eigenvalue weighted by Gasteiger charge is -2.03. The Hall–Kier alpha value is -1.36. The Morgan fingerprint density at radius 1 is 1.59 bits per heavy atom. The van der Waals surface area contributed by atoms with Crippen LogP contribution in [0.5, 0.6) is 0 Å². The van der Waals surface area contributed by atoms with Crippen LogP contribution >= 0.6 is 15.9 Å². The molecule has 0 radical (unpaired) electrons. The van der Waals surface area contributed by atoms with Gasteiger partial charge < -0.3 is 9.14 Å². The maximum Gasteiger partial charge on any atom is 0.340 e. The van der Waals surface area contributed by atoms with Crippen molar-refractivity contribution in [2.24, 2.45) is 0 Å². The Bertz CT molecular complexity index is 563. The molecule has 0 atom stereocenters. The van der Waals surface area contributed by atoms with Gasteiger partial charge in [-0.15, -0.1) is 0 Å². The van der Waals surface area contributed by atoms with Crippen LogP contribution < -0.4 is 0 Å². The van der Waals surface area contributed by atoms with Gasteiger partial charge in [-0.1, -0.05) is 6.92 Å². The van der Waals surface area contributed by atoms with Crippen molar-refractivity contribution in [3.05, 3.63) is 34.3 Å². The second-order valence-electron chi connectivity index (χ2n) is 3.70. The van der Waals surface area contributed by atoms with Crippen molar-refractivity contribution < 1.29 is 9.53 Å². The van der Waals surface area contributed by atoms with Crippen LogP contribution in [-0.4, -0.2) is 22.5 Å². The van der Waals surface area contributed by atoms with Crippen LogP contribution in [0.1, 0.15) is 29.5 Å². The predicted octanol–water partition coefficient (Wildman–Crippen LogP) is 2.84. The molecular formula is C12H13BrN2O2. The number of halogens is 1. The molecule has 0 bridgehead atoms. The van der Waals surface area contributed by atoms with Crippen LogP contribution in [0, 0.1) is 0 Å². The largest absolute Gasteiger partial charge is 0.465 e. The monoisotopic (exact) mass is 296 g/mol. The molecule has 0 amide bonds. The van der Waals surface area contributed by atoms with Gasteiger partial charge >= 0.3 is 5.97 Å². The van der Waals surface area contributed by atoms with E-state index in [0.717, 1.165) is 24.2 Å². The van der Waals surface area contributed by atoms with Crippen molar-refractivity contribution in [1.82, 2.24) is 9.38 Å². The average Bonchev–Trinajstić information content (AvgIpc) is 2.66. The molecule has 2 heterocycles. The molecule has 4 nitrogen and oxygen atoms in total. The summed E-state index contributed by atoms with van der Waals surface area (Å²) in [6, 6.07) is 3.57. The van der Waals surface area contributed by atoms with E-state index in [1.54, 1.807) is 6.07 Å². The van der Waals surface area contributed by atoms with Crippen molar-refractivity contribution in [1.29, 1.82) is 0 Å². The molecule has 0 saturated carbocycles. The number of nitrogens with zero attached hydrogens (tertiary/aromatic N) is 2. The molecule has 0 aromatic carbocycles. The third kappa shape index (κ3) is 2.07. The second-order valence-corrected chi connectivity index (χ2v) is 4.45. The van der Waals surface area contributed by atoms with E-state index in [1.165, 1.54) is 7.11 Å². The normalized spacial score (nSPS) is 10.8. The predicted molar refractivity (Wildman–Crippen MR) is 68.2 cm³/mol. The van der Waals surface area contributed by atoms with E-state index < -0.39 is 0 Å². The number of pyridine rings is 1. The van der Waals surface area contributed by atoms with Crippen LogP contribution in [0.25, 0.3) is 5.52 Å². The summed E-state index contributed by atoms with van der Waals surface area (Å²) in [6.45, 7) is 2.10. The molecule has 2 aromatic heterocycles. The topological polar surface area (TPSA) is 43.6 Å². The number of methoxy groups -OCH3 is 1. The maximum atomic E-state index is 11.7. The third-order valence-electron chi connectivity index (χ3n) is 2.57. The number of hydrogen-bond acceptors (Lipinski definition) is 3. The number of imidazole rings is 1. The molecule has 0 fully saturated rings. The first-order valence-corrected chi connectivity index (χ1v) is 6.22. The zero-order valence-electron chi connectivity index (χ0n) is 9.74. The lowest BCUT2D eigenvalue weighted by atomic mass is 10.2. The molecule has 5 heteroatoms. The quantitative estimate of drug-likeness (QED) is 0.818. The highest BCUT2D eigenvalue weighted by atomic mass is 79.9. The minimum absolute atomic E-state index is 0.348. The number of carbonyl (C=O) groups excluding carboxylic acids is 1. The van der Waals surface area contributed by atoms with Crippen LogP contribution in [-0.2, 0) is 11.2 Å². The molecule has 0 aliphatic carbocycles. The van der Waals surface area contributed by atoms with E-state index in [-0.39, 0.29) is 5.97 Å². The second kappa shape index (κ2) is 4.87. The van der Waals surface area contributed by atoms with E-state index >= 15 is 0 Å². The van der Waals surface area contributed by atoms with Crippen LogP contribution in [0.3, 0.4) is 0 Å². The Morgan fingerprint density at radius 2 is 2.35 bits per heavy atom. The average molecular weight is 297 g/mol. The van der Waals surface area contributed by atoms with Crippen molar-refractivity contribution in [2.45, 2.75) is 19.8 Å². The summed E-state index contributed by atoms with van der Waals surface area (Å²) in [5.74, 6) is 0.597. The highest BCUT2D eigenvalue weighted by Gasteiger charge is 2.16. The molecule has 0 unspecified atom stereocenters. The summed E-state index contributed by atoms with van der Waals surface area (Å²) in [4.78, 5) is 16.1. The number of esters is 1. The van der Waals surface area contributed by atoms with E-state index in [4.69, 9.17) is 4.74 Å². The Labute approximate surface area is 108 Å². The Balaban J connectivity index is 2.68. The lowest BCUT2D eigenvalue weighted by Crippen LogP contribution is -2.04. The van der Waals surface area contributed by atoms with E-state index in [0.29, 0.717) is 10.2 Å². The minimum Gasteiger partial charge on any atom is -0.465 e. The van der Waals surface area contributed by atoms with Gasteiger partial charge in [0.05, 0.1) is 18.2 Å². The molecule has 0 aliphatic heterocycles. The number of aryl methyl sites for hydroxylation is 1. The number of hydrogen-bond donors (Lipinski definition) is 0. The van der Waals surface area contributed by atoms with Crippen LogP contribution in [0.4, 0.5) is 0 Å². The summed E-state index contributed by atoms with van der Waals surface area (Å²) in [5.41, 5.74) is 1.29. The Morgan fingerprint density at radius 3 is 3.00 bits per heavy atom. The zero-order chi connectivity index (χ0) is 12.4. The van der Waals surface area contributed by atoms with Gasteiger partial charge in [0.25, 0.3) is 0 Å². The first-order chi connectivity index (χ1) is 8.19. The number of rotatable bonds is 3. The van der Waals surface area contributed by atoms with E-state index in [1.807, 2.05) is 16.7 Å². The smallest absolute Gasteiger partial charge is 0.340 e. The van der Waals surface area contributed by atoms with Crippen LogP contribution in [0.15, 0.2) is 22.9 Å². The molecule has 2 rings (SSSR count). The molecule has 0 N–H and O–H groups in total. The fourth-order valence-electron chi connectivity index (χ4n) is 1.83. The first kappa shape index (κ1) is 12.1. The molecule has 0 saturated heterocycles. The van der Waals surface area contributed by atoms with Gasteiger partial charge in [0.2, 0.25) is 0 Å². The number of carbonyl (C=O) groups is 1. The van der Waals surface area contributed by atoms with Crippen LogP contribution in [0.2, 0.25) is 0 Å². The summed E-state index contributed by atoms with van der Waals surface area (Å²) in [5, 5.41) is 0. The van der Waals surface area contributed by atoms with Gasteiger partial charge in [0.1, 0.15) is 10.4 Å². The standard InChI is InChI=1S/C12H13BrN2O2/c1-3-5-9-14-11(13)10-8(12(16)17-2)6-4-7-15(9)10/h4,6-7H,3,5H2,1-2H3. The minimum atomic E-state index is -0.348. The van der Waals surface area contributed by atoms with Crippen molar-refractivity contribution in [3.8, 4) is 0 Å². The Kier molecular flexibility index (Phi) is 3.47. The fourth-order valence-corrected chi connectivity index (χ4v) is 2.44. The van der Waals surface area contributed by atoms with Gasteiger partial charge in [-0.2, -0.15) is 0 Å². The number of fused-ring (bicyclic) bond motifs is 1. The lowest BCUT2D eigenvalue weighted by molar-refractivity contribution is 0.0602. The highest BCUT2D eigenvalue weighted by Crippen LogP contribution is 2.23. The van der Waals surface area contributed by atoms with Gasteiger partial charge in [-0.3, -0.25) is 0 Å². The van der Waals surface area contributed by atoms with E-state index in [2.05, 4.69) is 27.8 Å². The SMILES string of the molecule is CCCc1nc(Br)c2c(C(=O)OC)cccn12. The van der Waals surface area contributed by atoms with Gasteiger partial charge in [0.15, 0.2) is 0 Å². The maximum absolute atomic E-state index is 11.7. The molecule has 90 valence electrons. The molecule has 17 heavy (non-hydrogen) atoms.